The number of aryl methyl sites for hydroxylation is 4. The fourth-order valence-electron chi connectivity index (χ4n) is 2.53. The second-order valence-corrected chi connectivity index (χ2v) is 5.12. The van der Waals surface area contributed by atoms with Crippen molar-refractivity contribution in [3.05, 3.63) is 28.6 Å². The Hall–Kier alpha value is -0.720. The number of H-pyrrole nitrogens is 1. The van der Waals surface area contributed by atoms with Gasteiger partial charge in [0.1, 0.15) is 0 Å². The zero-order valence-corrected chi connectivity index (χ0v) is 10.1. The molecule has 1 N–H and O–H groups in total. The van der Waals surface area contributed by atoms with Crippen molar-refractivity contribution in [2.24, 2.45) is 0 Å². The van der Waals surface area contributed by atoms with Crippen LogP contribution in [0.5, 0.6) is 0 Å². The summed E-state index contributed by atoms with van der Waals surface area (Å²) in [6.45, 7) is 0. The fourth-order valence-corrected chi connectivity index (χ4v) is 2.53. The van der Waals surface area contributed by atoms with Crippen LogP contribution in [-0.2, 0) is 25.7 Å². The highest BCUT2D eigenvalue weighted by Crippen LogP contribution is 2.24. The number of nitrogens with one attached hydrogen (secondary N) is 1. The third-order valence-corrected chi connectivity index (χ3v) is 3.17. The van der Waals surface area contributed by atoms with Crippen LogP contribution in [0.4, 0.5) is 0 Å². The predicted octanol–water partition coefficient (Wildman–Crippen LogP) is -3.28. The molecule has 1 aromatic heterocycles. The lowest BCUT2D eigenvalue weighted by molar-refractivity contribution is -2.00. The highest BCUT2D eigenvalue weighted by molar-refractivity contribution is 5.30. The van der Waals surface area contributed by atoms with Crippen LogP contribution in [0, 0.1) is 10.2 Å². The van der Waals surface area contributed by atoms with E-state index >= 15 is 0 Å². The van der Waals surface area contributed by atoms with Gasteiger partial charge >= 0.3 is 0 Å². The molecule has 2 aliphatic rings. The van der Waals surface area contributed by atoms with Gasteiger partial charge in [-0.15, -0.1) is 10.2 Å². The molecule has 0 radical (unpaired) electrons. The molecule has 0 saturated carbocycles. The summed E-state index contributed by atoms with van der Waals surface area (Å²) < 4.78 is 34.0. The van der Waals surface area contributed by atoms with Crippen molar-refractivity contribution in [1.82, 2.24) is 0 Å². The zero-order chi connectivity index (χ0) is 12.5. The number of pyridine rings is 1. The number of halogens is 1. The number of rotatable bonds is 0. The van der Waals surface area contributed by atoms with Gasteiger partial charge in [-0.05, 0) is 31.7 Å². The molecule has 17 heavy (non-hydrogen) atoms. The fraction of sp³-hybridized carbons (Fsp3) is 0.545. The Morgan fingerprint density at radius 2 is 1.24 bits per heavy atom. The molecule has 0 spiro atoms. The van der Waals surface area contributed by atoms with Crippen molar-refractivity contribution in [3.63, 3.8) is 0 Å². The molecule has 0 amide bonds. The molecule has 6 heteroatoms. The number of aromatic nitrogens is 1. The topological polar surface area (TPSA) is 106 Å². The largest absolute Gasteiger partial charge is 0.222 e. The monoisotopic (exact) mass is 259 g/mol. The molecular formula is C11H14ClNO4. The van der Waals surface area contributed by atoms with E-state index in [9.17, 15) is 0 Å². The van der Waals surface area contributed by atoms with E-state index < -0.39 is 10.2 Å². The lowest BCUT2D eigenvalue weighted by Crippen LogP contribution is -2.68. The standard InChI is InChI=1S/C11H13N.ClHO4/c1-3-8-7-9-4-2-6-11(9)12-10(8)5-1;2-1(3,4)5/h7H,1-6H2;(H,2,3,4,5). The number of aromatic amines is 1. The molecule has 0 aromatic carbocycles. The minimum absolute atomic E-state index is 1.28. The first-order valence-corrected chi connectivity index (χ1v) is 6.84. The lowest BCUT2D eigenvalue weighted by Gasteiger charge is -2.17. The Labute approximate surface area is 101 Å². The van der Waals surface area contributed by atoms with E-state index in [1.807, 2.05) is 0 Å². The van der Waals surface area contributed by atoms with Crippen LogP contribution in [0.15, 0.2) is 6.07 Å². The van der Waals surface area contributed by atoms with Crippen LogP contribution in [-0.4, -0.2) is 0 Å². The SMILES string of the molecule is [O-][Cl+3]([O-])([O-])[O-].c1c2c([nH+]c3c1CCC3)CCC2. The third kappa shape index (κ3) is 3.62. The van der Waals surface area contributed by atoms with Crippen LogP contribution < -0.4 is 23.6 Å². The first-order valence-electron chi connectivity index (χ1n) is 5.61. The van der Waals surface area contributed by atoms with Crippen LogP contribution in [0.3, 0.4) is 0 Å². The van der Waals surface area contributed by atoms with Crippen molar-refractivity contribution in [3.8, 4) is 0 Å². The van der Waals surface area contributed by atoms with Crippen molar-refractivity contribution in [2.45, 2.75) is 38.5 Å². The molecule has 0 bridgehead atoms. The molecule has 3 rings (SSSR count). The normalized spacial score (nSPS) is 17.2. The Morgan fingerprint density at radius 3 is 1.65 bits per heavy atom. The van der Waals surface area contributed by atoms with Gasteiger partial charge in [0.2, 0.25) is 0 Å². The Balaban J connectivity index is 0.000000188. The molecule has 0 atom stereocenters. The smallest absolute Gasteiger partial charge is 0.183 e. The van der Waals surface area contributed by atoms with Crippen LogP contribution in [0.2, 0.25) is 0 Å². The second-order valence-electron chi connectivity index (χ2n) is 4.36. The average Bonchev–Trinajstić information content (AvgIpc) is 2.76. The van der Waals surface area contributed by atoms with Gasteiger partial charge in [-0.1, -0.05) is 0 Å². The van der Waals surface area contributed by atoms with E-state index in [0.717, 1.165) is 0 Å². The van der Waals surface area contributed by atoms with E-state index in [-0.39, 0.29) is 0 Å². The average molecular weight is 260 g/mol. The van der Waals surface area contributed by atoms with Gasteiger partial charge in [-0.2, -0.15) is 0 Å². The molecule has 1 aromatic rings. The summed E-state index contributed by atoms with van der Waals surface area (Å²) in [5.74, 6) is 0. The third-order valence-electron chi connectivity index (χ3n) is 3.17. The number of hydrogen-bond donors (Lipinski definition) is 0. The van der Waals surface area contributed by atoms with Gasteiger partial charge in [0.05, 0.1) is 0 Å². The quantitative estimate of drug-likeness (QED) is 0.487. The summed E-state index contributed by atoms with van der Waals surface area (Å²) in [4.78, 5) is 3.61. The molecule has 1 heterocycles. The van der Waals surface area contributed by atoms with E-state index in [2.05, 4.69) is 11.1 Å². The van der Waals surface area contributed by atoms with E-state index in [4.69, 9.17) is 18.6 Å². The summed E-state index contributed by atoms with van der Waals surface area (Å²) in [6, 6.07) is 2.45. The maximum Gasteiger partial charge on any atom is 0.183 e. The lowest BCUT2D eigenvalue weighted by atomic mass is 10.1. The summed E-state index contributed by atoms with van der Waals surface area (Å²) in [7, 11) is -4.94. The van der Waals surface area contributed by atoms with E-state index in [0.29, 0.717) is 0 Å². The minimum atomic E-state index is -4.94. The van der Waals surface area contributed by atoms with Crippen LogP contribution in [0.1, 0.15) is 35.4 Å². The maximum absolute atomic E-state index is 8.49. The van der Waals surface area contributed by atoms with Gasteiger partial charge in [0, 0.05) is 24.0 Å². The summed E-state index contributed by atoms with van der Waals surface area (Å²) in [5, 5.41) is 0. The van der Waals surface area contributed by atoms with Gasteiger partial charge in [-0.25, -0.2) is 23.6 Å². The Kier molecular flexibility index (Phi) is 3.65. The number of hydrogen-bond acceptors (Lipinski definition) is 4. The minimum Gasteiger partial charge on any atom is -0.222 e. The Morgan fingerprint density at radius 1 is 0.824 bits per heavy atom. The maximum atomic E-state index is 8.49. The van der Waals surface area contributed by atoms with E-state index in [1.165, 1.54) is 49.9 Å². The second kappa shape index (κ2) is 4.88. The predicted molar refractivity (Wildman–Crippen MR) is 47.0 cm³/mol. The highest BCUT2D eigenvalue weighted by Gasteiger charge is 2.24. The first kappa shape index (κ1) is 12.7. The molecule has 2 aliphatic carbocycles. The van der Waals surface area contributed by atoms with E-state index in [1.54, 1.807) is 11.1 Å². The van der Waals surface area contributed by atoms with Gasteiger partial charge in [-0.3, -0.25) is 0 Å². The van der Waals surface area contributed by atoms with Crippen molar-refractivity contribution in [2.75, 3.05) is 0 Å². The molecule has 0 saturated heterocycles. The van der Waals surface area contributed by atoms with Crippen molar-refractivity contribution < 1.29 is 33.9 Å². The molecule has 0 aliphatic heterocycles. The summed E-state index contributed by atoms with van der Waals surface area (Å²) in [5.41, 5.74) is 6.23. The highest BCUT2D eigenvalue weighted by atomic mass is 35.7. The summed E-state index contributed by atoms with van der Waals surface area (Å²) in [6.07, 6.45) is 7.88. The van der Waals surface area contributed by atoms with Crippen LogP contribution in [0.25, 0.3) is 0 Å². The zero-order valence-electron chi connectivity index (χ0n) is 9.33. The van der Waals surface area contributed by atoms with Crippen molar-refractivity contribution >= 4 is 0 Å². The molecule has 94 valence electrons. The molecule has 0 fully saturated rings. The summed E-state index contributed by atoms with van der Waals surface area (Å²) >= 11 is 0. The molecule has 0 unspecified atom stereocenters. The Bertz CT molecular complexity index is 350. The number of fused-ring (bicyclic) bond motifs is 2. The van der Waals surface area contributed by atoms with Gasteiger partial charge in [0.25, 0.3) is 0 Å². The van der Waals surface area contributed by atoms with Gasteiger partial charge in [0.15, 0.2) is 11.4 Å². The molecular weight excluding hydrogens is 246 g/mol. The molecule has 5 nitrogen and oxygen atoms in total. The van der Waals surface area contributed by atoms with Gasteiger partial charge < -0.3 is 0 Å². The van der Waals surface area contributed by atoms with Crippen molar-refractivity contribution in [1.29, 1.82) is 0 Å². The first-order chi connectivity index (χ1) is 7.93. The van der Waals surface area contributed by atoms with Crippen LogP contribution >= 0.6 is 0 Å².